The third-order valence-corrected chi connectivity index (χ3v) is 4.78. The van der Waals surface area contributed by atoms with Crippen LogP contribution in [-0.4, -0.2) is 17.9 Å². The highest BCUT2D eigenvalue weighted by atomic mass is 35.5. The van der Waals surface area contributed by atoms with E-state index in [-0.39, 0.29) is 0 Å². The van der Waals surface area contributed by atoms with Crippen LogP contribution in [0.3, 0.4) is 0 Å². The molecule has 0 fully saturated rings. The molecule has 0 radical (unpaired) electrons. The fourth-order valence-corrected chi connectivity index (χ4v) is 3.06. The summed E-state index contributed by atoms with van der Waals surface area (Å²) in [5, 5.41) is 11.1. The van der Waals surface area contributed by atoms with Crippen LogP contribution in [0.1, 0.15) is 44.6 Å². The van der Waals surface area contributed by atoms with Gasteiger partial charge in [-0.05, 0) is 69.5 Å². The van der Waals surface area contributed by atoms with E-state index >= 15 is 0 Å². The molecule has 0 atom stereocenters. The lowest BCUT2D eigenvalue weighted by molar-refractivity contribution is 0.713. The van der Waals surface area contributed by atoms with E-state index in [9.17, 15) is 0 Å². The molecule has 134 valence electrons. The Morgan fingerprint density at radius 1 is 1.28 bits per heavy atom. The van der Waals surface area contributed by atoms with Crippen molar-refractivity contribution < 1.29 is 0 Å². The van der Waals surface area contributed by atoms with E-state index in [1.54, 1.807) is 5.01 Å². The number of halogens is 1. The quantitative estimate of drug-likeness (QED) is 0.310. The van der Waals surface area contributed by atoms with Crippen molar-refractivity contribution in [3.8, 4) is 0 Å². The van der Waals surface area contributed by atoms with Gasteiger partial charge in [0.05, 0.1) is 11.9 Å². The number of thiocarbonyl (C=S) groups is 1. The minimum Gasteiger partial charge on any atom is -0.357 e. The van der Waals surface area contributed by atoms with Crippen molar-refractivity contribution in [2.75, 3.05) is 11.6 Å². The van der Waals surface area contributed by atoms with Crippen molar-refractivity contribution >= 4 is 40.8 Å². The zero-order valence-corrected chi connectivity index (χ0v) is 16.6. The average molecular weight is 376 g/mol. The van der Waals surface area contributed by atoms with Crippen molar-refractivity contribution in [3.63, 3.8) is 0 Å². The van der Waals surface area contributed by atoms with E-state index < -0.39 is 0 Å². The fourth-order valence-electron chi connectivity index (χ4n) is 2.55. The number of benzene rings is 1. The maximum Gasteiger partial charge on any atom is 0.194 e. The number of nitrogens with one attached hydrogen (secondary N) is 1. The summed E-state index contributed by atoms with van der Waals surface area (Å²) in [5.41, 5.74) is 4.25. The number of aryl methyl sites for hydroxylation is 1. The Bertz CT molecular complexity index is 677. The summed E-state index contributed by atoms with van der Waals surface area (Å²) >= 11 is 12.0. The minimum absolute atomic E-state index is 0.549. The van der Waals surface area contributed by atoms with Crippen molar-refractivity contribution in [2.24, 2.45) is 5.10 Å². The first-order valence-electron chi connectivity index (χ1n) is 8.68. The van der Waals surface area contributed by atoms with Crippen molar-refractivity contribution in [2.45, 2.75) is 46.0 Å². The van der Waals surface area contributed by atoms with Gasteiger partial charge in [0.1, 0.15) is 0 Å². The van der Waals surface area contributed by atoms with Gasteiger partial charge in [0, 0.05) is 11.6 Å². The first-order valence-corrected chi connectivity index (χ1v) is 9.46. The zero-order chi connectivity index (χ0) is 18.2. The van der Waals surface area contributed by atoms with Crippen molar-refractivity contribution in [3.05, 3.63) is 52.6 Å². The molecule has 1 aromatic rings. The van der Waals surface area contributed by atoms with Gasteiger partial charge in [0.2, 0.25) is 0 Å². The van der Waals surface area contributed by atoms with E-state index in [2.05, 4.69) is 36.1 Å². The Hall–Kier alpha value is -1.65. The molecule has 25 heavy (non-hydrogen) atoms. The highest BCUT2D eigenvalue weighted by Crippen LogP contribution is 2.25. The summed E-state index contributed by atoms with van der Waals surface area (Å²) < 4.78 is 0. The van der Waals surface area contributed by atoms with Crippen LogP contribution in [0.4, 0.5) is 5.69 Å². The first-order chi connectivity index (χ1) is 12.0. The van der Waals surface area contributed by atoms with E-state index in [1.807, 2.05) is 25.3 Å². The van der Waals surface area contributed by atoms with Gasteiger partial charge in [-0.3, -0.25) is 0 Å². The smallest absolute Gasteiger partial charge is 0.194 e. The summed E-state index contributed by atoms with van der Waals surface area (Å²) in [6.45, 7) is 8.56. The van der Waals surface area contributed by atoms with Crippen LogP contribution in [-0.2, 0) is 0 Å². The number of nitrogens with zero attached hydrogens (tertiary/aromatic N) is 2. The minimum atomic E-state index is 0.549. The predicted octanol–water partition coefficient (Wildman–Crippen LogP) is 5.69. The second-order valence-electron chi connectivity index (χ2n) is 6.50. The van der Waals surface area contributed by atoms with Gasteiger partial charge in [-0.1, -0.05) is 47.9 Å². The van der Waals surface area contributed by atoms with Gasteiger partial charge in [0.15, 0.2) is 5.11 Å². The van der Waals surface area contributed by atoms with Gasteiger partial charge >= 0.3 is 0 Å². The van der Waals surface area contributed by atoms with Gasteiger partial charge in [-0.2, -0.15) is 5.10 Å². The summed E-state index contributed by atoms with van der Waals surface area (Å²) in [7, 11) is 0. The Kier molecular flexibility index (Phi) is 7.66. The summed E-state index contributed by atoms with van der Waals surface area (Å²) in [5.74, 6) is 0. The largest absolute Gasteiger partial charge is 0.357 e. The molecule has 0 amide bonds. The topological polar surface area (TPSA) is 27.6 Å². The Balaban J connectivity index is 2.24. The van der Waals surface area contributed by atoms with Crippen molar-refractivity contribution in [1.82, 2.24) is 5.32 Å². The van der Waals surface area contributed by atoms with Crippen LogP contribution in [0.2, 0.25) is 0 Å². The molecular weight excluding hydrogens is 350 g/mol. The van der Waals surface area contributed by atoms with E-state index in [1.165, 1.54) is 12.0 Å². The molecule has 1 N–H and O–H groups in total. The second kappa shape index (κ2) is 9.73. The Labute approximate surface area is 161 Å². The molecule has 1 aliphatic carbocycles. The Morgan fingerprint density at radius 3 is 2.64 bits per heavy atom. The van der Waals surface area contributed by atoms with Crippen molar-refractivity contribution in [1.29, 1.82) is 0 Å². The molecule has 3 nitrogen and oxygen atoms in total. The maximum atomic E-state index is 6.43. The van der Waals surface area contributed by atoms with Gasteiger partial charge in [-0.15, -0.1) is 0 Å². The average Bonchev–Trinajstić information content (AvgIpc) is 2.79. The number of hydrogen-bond donors (Lipinski definition) is 1. The fraction of sp³-hybridized carbons (Fsp3) is 0.400. The zero-order valence-electron chi connectivity index (χ0n) is 15.0. The number of hydrogen-bond acceptors (Lipinski definition) is 2. The van der Waals surface area contributed by atoms with Crippen LogP contribution in [0, 0.1) is 6.92 Å². The second-order valence-corrected chi connectivity index (χ2v) is 7.34. The van der Waals surface area contributed by atoms with E-state index in [0.717, 1.165) is 47.5 Å². The van der Waals surface area contributed by atoms with Gasteiger partial charge in [-0.25, -0.2) is 5.01 Å². The molecule has 0 aromatic heterocycles. The molecule has 5 heteroatoms. The number of anilines is 1. The SMILES string of the molecule is C=C(C)CNC(=S)N(/N=C\C1=C(Cl)CCCCC1)c1ccc(C)cc1. The number of rotatable bonds is 5. The third kappa shape index (κ3) is 6.29. The van der Waals surface area contributed by atoms with Gasteiger partial charge < -0.3 is 5.32 Å². The third-order valence-electron chi connectivity index (χ3n) is 4.03. The molecule has 0 spiro atoms. The van der Waals surface area contributed by atoms with E-state index in [4.69, 9.17) is 23.8 Å². The monoisotopic (exact) mass is 375 g/mol. The summed E-state index contributed by atoms with van der Waals surface area (Å²) in [6.07, 6.45) is 7.29. The summed E-state index contributed by atoms with van der Waals surface area (Å²) in [4.78, 5) is 0. The van der Waals surface area contributed by atoms with Crippen LogP contribution >= 0.6 is 23.8 Å². The van der Waals surface area contributed by atoms with Crippen LogP contribution in [0.5, 0.6) is 0 Å². The lowest BCUT2D eigenvalue weighted by Gasteiger charge is -2.21. The lowest BCUT2D eigenvalue weighted by atomic mass is 10.1. The lowest BCUT2D eigenvalue weighted by Crippen LogP contribution is -2.37. The predicted molar refractivity (Wildman–Crippen MR) is 114 cm³/mol. The molecule has 0 saturated carbocycles. The molecule has 0 aliphatic heterocycles. The summed E-state index contributed by atoms with van der Waals surface area (Å²) in [6, 6.07) is 8.14. The van der Waals surface area contributed by atoms with E-state index in [0.29, 0.717) is 11.7 Å². The first kappa shape index (κ1) is 19.7. The molecule has 0 unspecified atom stereocenters. The highest BCUT2D eigenvalue weighted by Gasteiger charge is 2.12. The molecule has 2 rings (SSSR count). The highest BCUT2D eigenvalue weighted by molar-refractivity contribution is 7.80. The normalized spacial score (nSPS) is 15.2. The maximum absolute atomic E-state index is 6.43. The molecule has 0 bridgehead atoms. The standard InChI is InChI=1S/C20H26ClN3S/c1-15(2)13-22-20(25)24(18-11-9-16(3)10-12-18)23-14-17-7-5-4-6-8-19(17)21/h9-12,14H,1,4-8,13H2,2-3H3,(H,22,25)/b23-14-. The molecule has 1 aliphatic rings. The van der Waals surface area contributed by atoms with Crippen LogP contribution < -0.4 is 10.3 Å². The van der Waals surface area contributed by atoms with Crippen LogP contribution in [0.15, 0.2) is 52.1 Å². The van der Waals surface area contributed by atoms with Gasteiger partial charge in [0.25, 0.3) is 0 Å². The molecule has 0 saturated heterocycles. The van der Waals surface area contributed by atoms with Crippen LogP contribution in [0.25, 0.3) is 0 Å². The molecular formula is C20H26ClN3S. The molecule has 0 heterocycles. The number of allylic oxidation sites excluding steroid dienone is 2. The Morgan fingerprint density at radius 2 is 1.96 bits per heavy atom. The number of hydrazone groups is 1. The molecule has 1 aromatic carbocycles.